The fourth-order valence-corrected chi connectivity index (χ4v) is 6.83. The second-order valence-corrected chi connectivity index (χ2v) is 10.9. The first-order valence-corrected chi connectivity index (χ1v) is 14.0. The molecule has 0 aliphatic carbocycles. The van der Waals surface area contributed by atoms with Gasteiger partial charge in [0.25, 0.3) is 0 Å². The van der Waals surface area contributed by atoms with Crippen molar-refractivity contribution in [1.82, 2.24) is 0 Å². The number of rotatable bonds is 2. The van der Waals surface area contributed by atoms with Crippen molar-refractivity contribution in [3.8, 4) is 22.3 Å². The van der Waals surface area contributed by atoms with Crippen LogP contribution in [0.1, 0.15) is 0 Å². The second-order valence-electron chi connectivity index (χ2n) is 10.9. The van der Waals surface area contributed by atoms with Crippen molar-refractivity contribution in [2.75, 3.05) is 0 Å². The number of furan rings is 1. The molecule has 7 aromatic carbocycles. The Morgan fingerprint density at radius 1 is 0.400 bits per heavy atom. The highest BCUT2D eigenvalue weighted by molar-refractivity contribution is 6.62. The van der Waals surface area contributed by atoms with E-state index in [1.807, 2.05) is 0 Å². The largest absolute Gasteiger partial charge is 0.457 e. The molecule has 8 aromatic rings. The van der Waals surface area contributed by atoms with Gasteiger partial charge in [-0.3, -0.25) is 0 Å². The van der Waals surface area contributed by atoms with Crippen LogP contribution in [0.2, 0.25) is 0 Å². The third-order valence-electron chi connectivity index (χ3n) is 8.93. The summed E-state index contributed by atoms with van der Waals surface area (Å²) in [6.45, 7) is 0. The van der Waals surface area contributed by atoms with E-state index >= 15 is 0 Å². The van der Waals surface area contributed by atoms with Gasteiger partial charge in [0.05, 0.1) is 0 Å². The minimum absolute atomic E-state index is 0.938. The SMILES string of the molecule is Bc1c(B)c(-c2c3ccccc3c(-c3cccc4ccccc34)c3ccccc23)c2c(oc3ccccc32)c1B. The molecular weight excluding hydrogens is 481 g/mol. The Balaban J connectivity index is 1.63. The molecule has 8 rings (SSSR count). The van der Waals surface area contributed by atoms with Crippen molar-refractivity contribution < 1.29 is 4.42 Å². The number of para-hydroxylation sites is 1. The summed E-state index contributed by atoms with van der Waals surface area (Å²) >= 11 is 0. The Labute approximate surface area is 235 Å². The second kappa shape index (κ2) is 8.66. The molecule has 0 spiro atoms. The molecule has 0 radical (unpaired) electrons. The fraction of sp³-hybridized carbons (Fsp3) is 0. The molecule has 1 aromatic heterocycles. The summed E-state index contributed by atoms with van der Waals surface area (Å²) in [5.74, 6) is 0. The summed E-state index contributed by atoms with van der Waals surface area (Å²) in [6, 6.07) is 41.7. The van der Waals surface area contributed by atoms with E-state index in [1.54, 1.807) is 0 Å². The van der Waals surface area contributed by atoms with Gasteiger partial charge in [-0.25, -0.2) is 0 Å². The van der Waals surface area contributed by atoms with Crippen LogP contribution >= 0.6 is 0 Å². The maximum atomic E-state index is 6.55. The normalized spacial score (nSPS) is 11.8. The van der Waals surface area contributed by atoms with Gasteiger partial charge in [-0.2, -0.15) is 0 Å². The molecule has 0 aliphatic rings. The van der Waals surface area contributed by atoms with Gasteiger partial charge < -0.3 is 4.42 Å². The van der Waals surface area contributed by atoms with Gasteiger partial charge >= 0.3 is 0 Å². The Morgan fingerprint density at radius 2 is 0.925 bits per heavy atom. The van der Waals surface area contributed by atoms with Crippen LogP contribution < -0.4 is 16.4 Å². The van der Waals surface area contributed by atoms with Crippen LogP contribution in [0.3, 0.4) is 0 Å². The van der Waals surface area contributed by atoms with Crippen molar-refractivity contribution >= 4 is 94.2 Å². The zero-order valence-electron chi connectivity index (χ0n) is 22.9. The molecule has 0 saturated heterocycles. The lowest BCUT2D eigenvalue weighted by molar-refractivity contribution is 0.672. The van der Waals surface area contributed by atoms with Crippen LogP contribution in [0.15, 0.2) is 120 Å². The van der Waals surface area contributed by atoms with E-state index in [4.69, 9.17) is 4.42 Å². The van der Waals surface area contributed by atoms with Gasteiger partial charge in [-0.05, 0) is 60.6 Å². The smallest absolute Gasteiger partial charge is 0.143 e. The van der Waals surface area contributed by atoms with E-state index in [0.717, 1.165) is 11.2 Å². The van der Waals surface area contributed by atoms with Crippen LogP contribution in [-0.4, -0.2) is 23.5 Å². The molecule has 0 N–H and O–H groups in total. The first-order chi connectivity index (χ1) is 19.6. The molecule has 0 bridgehead atoms. The lowest BCUT2D eigenvalue weighted by atomic mass is 9.67. The van der Waals surface area contributed by atoms with Crippen LogP contribution in [0, 0.1) is 0 Å². The molecule has 1 heterocycles. The molecule has 40 heavy (non-hydrogen) atoms. The summed E-state index contributed by atoms with van der Waals surface area (Å²) in [5, 5.41) is 9.99. The van der Waals surface area contributed by atoms with Crippen LogP contribution in [0.4, 0.5) is 0 Å². The number of fused-ring (bicyclic) bond motifs is 6. The fourth-order valence-electron chi connectivity index (χ4n) is 6.83. The van der Waals surface area contributed by atoms with Gasteiger partial charge in [-0.1, -0.05) is 126 Å². The van der Waals surface area contributed by atoms with Crippen molar-refractivity contribution in [2.24, 2.45) is 0 Å². The molecule has 0 saturated carbocycles. The zero-order valence-corrected chi connectivity index (χ0v) is 22.9. The highest BCUT2D eigenvalue weighted by Crippen LogP contribution is 2.46. The molecule has 0 atom stereocenters. The summed E-state index contributed by atoms with van der Waals surface area (Å²) < 4.78 is 6.55. The molecular formula is C36H25B3O. The lowest BCUT2D eigenvalue weighted by Crippen LogP contribution is -2.40. The average molecular weight is 506 g/mol. The third kappa shape index (κ3) is 3.14. The Morgan fingerprint density at radius 3 is 1.60 bits per heavy atom. The van der Waals surface area contributed by atoms with Gasteiger partial charge in [0.15, 0.2) is 0 Å². The summed E-state index contributed by atoms with van der Waals surface area (Å²) in [5.41, 5.74) is 10.9. The summed E-state index contributed by atoms with van der Waals surface area (Å²) in [4.78, 5) is 0. The minimum Gasteiger partial charge on any atom is -0.457 e. The van der Waals surface area contributed by atoms with E-state index in [1.165, 1.54) is 81.7 Å². The number of hydrogen-bond donors (Lipinski definition) is 0. The number of hydrogen-bond acceptors (Lipinski definition) is 1. The van der Waals surface area contributed by atoms with Crippen LogP contribution in [-0.2, 0) is 0 Å². The molecule has 0 amide bonds. The standard InChI is InChI=1S/C36H25B3O/c37-33-32(31-27-17-7-8-19-28(27)40-36(31)35(39)34(33)38)30-25-15-5-3-13-23(25)29(24-14-4-6-16-26(24)30)22-18-9-11-20-10-1-2-12-21(20)22/h1-19H,37-39H2. The van der Waals surface area contributed by atoms with Crippen molar-refractivity contribution in [2.45, 2.75) is 0 Å². The maximum absolute atomic E-state index is 6.55. The predicted molar refractivity (Wildman–Crippen MR) is 182 cm³/mol. The van der Waals surface area contributed by atoms with E-state index < -0.39 is 0 Å². The van der Waals surface area contributed by atoms with Gasteiger partial charge in [0.2, 0.25) is 0 Å². The average Bonchev–Trinajstić information content (AvgIpc) is 3.39. The van der Waals surface area contributed by atoms with E-state index in [9.17, 15) is 0 Å². The Hall–Kier alpha value is -4.69. The molecule has 1 nitrogen and oxygen atoms in total. The number of benzene rings is 7. The molecule has 0 aliphatic heterocycles. The molecule has 4 heteroatoms. The topological polar surface area (TPSA) is 13.1 Å². The minimum atomic E-state index is 0.938. The Kier molecular flexibility index (Phi) is 5.03. The molecule has 0 fully saturated rings. The lowest BCUT2D eigenvalue weighted by Gasteiger charge is -2.22. The zero-order chi connectivity index (χ0) is 27.0. The van der Waals surface area contributed by atoms with Crippen molar-refractivity contribution in [3.05, 3.63) is 115 Å². The quantitative estimate of drug-likeness (QED) is 0.234. The summed E-state index contributed by atoms with van der Waals surface area (Å²) in [7, 11) is 6.70. The van der Waals surface area contributed by atoms with E-state index in [2.05, 4.69) is 139 Å². The first kappa shape index (κ1) is 23.2. The predicted octanol–water partition coefficient (Wildman–Crippen LogP) is 5.15. The van der Waals surface area contributed by atoms with E-state index in [0.29, 0.717) is 0 Å². The van der Waals surface area contributed by atoms with Crippen LogP contribution in [0.25, 0.3) is 76.5 Å². The maximum Gasteiger partial charge on any atom is 0.143 e. The summed E-state index contributed by atoms with van der Waals surface area (Å²) in [6.07, 6.45) is 0. The monoisotopic (exact) mass is 506 g/mol. The first-order valence-electron chi connectivity index (χ1n) is 14.0. The highest BCUT2D eigenvalue weighted by Gasteiger charge is 2.24. The molecule has 184 valence electrons. The van der Waals surface area contributed by atoms with Gasteiger partial charge in [0.1, 0.15) is 34.7 Å². The Bertz CT molecular complexity index is 2250. The van der Waals surface area contributed by atoms with Gasteiger partial charge in [-0.15, -0.1) is 0 Å². The van der Waals surface area contributed by atoms with Crippen molar-refractivity contribution in [1.29, 1.82) is 0 Å². The third-order valence-corrected chi connectivity index (χ3v) is 8.93. The highest BCUT2D eigenvalue weighted by atomic mass is 16.3. The van der Waals surface area contributed by atoms with Crippen molar-refractivity contribution in [3.63, 3.8) is 0 Å². The molecule has 0 unspecified atom stereocenters. The van der Waals surface area contributed by atoms with Gasteiger partial charge in [0, 0.05) is 10.8 Å². The van der Waals surface area contributed by atoms with E-state index in [-0.39, 0.29) is 0 Å². The van der Waals surface area contributed by atoms with Crippen LogP contribution in [0.5, 0.6) is 0 Å².